The van der Waals surface area contributed by atoms with Gasteiger partial charge in [0.15, 0.2) is 5.78 Å². The van der Waals surface area contributed by atoms with E-state index in [1.165, 1.54) is 0 Å². The monoisotopic (exact) mass is 381 g/mol. The number of hydrogen-bond donors (Lipinski definition) is 2. The van der Waals surface area contributed by atoms with Crippen molar-refractivity contribution in [2.24, 2.45) is 0 Å². The molecule has 2 rings (SSSR count). The molecular weight excluding hydrogens is 358 g/mol. The Morgan fingerprint density at radius 2 is 1.77 bits per heavy atom. The molecule has 142 valence electrons. The number of benzene rings is 1. The van der Waals surface area contributed by atoms with E-state index in [4.69, 9.17) is 16.3 Å². The van der Waals surface area contributed by atoms with Gasteiger partial charge in [-0.3, -0.25) is 19.3 Å². The van der Waals surface area contributed by atoms with Crippen LogP contribution < -0.4 is 10.6 Å². The number of carbonyl (C=O) groups excluding carboxylic acids is 3. The average Bonchev–Trinajstić information content (AvgIpc) is 2.65. The lowest BCUT2D eigenvalue weighted by atomic mass is 10.1. The molecule has 1 fully saturated rings. The Morgan fingerprint density at radius 1 is 1.04 bits per heavy atom. The molecule has 1 heterocycles. The van der Waals surface area contributed by atoms with Crippen molar-refractivity contribution in [2.45, 2.75) is 12.8 Å². The van der Waals surface area contributed by atoms with Gasteiger partial charge >= 0.3 is 0 Å². The number of hydrogen-bond acceptors (Lipinski definition) is 5. The van der Waals surface area contributed by atoms with Crippen LogP contribution in [0, 0.1) is 0 Å². The summed E-state index contributed by atoms with van der Waals surface area (Å²) in [4.78, 5) is 37.8. The second kappa shape index (κ2) is 10.9. The van der Waals surface area contributed by atoms with Gasteiger partial charge in [0.2, 0.25) is 11.8 Å². The van der Waals surface area contributed by atoms with Crippen LogP contribution in [0.4, 0.5) is 0 Å². The summed E-state index contributed by atoms with van der Waals surface area (Å²) >= 11 is 5.96. The average molecular weight is 382 g/mol. The van der Waals surface area contributed by atoms with E-state index >= 15 is 0 Å². The van der Waals surface area contributed by atoms with Crippen molar-refractivity contribution in [3.8, 4) is 0 Å². The molecule has 2 N–H and O–H groups in total. The standard InChI is InChI=1S/C18H24ClN3O4/c19-15-4-2-1-3-14(15)16(23)5-6-17(24)21-13-18(25)20-7-8-22-9-11-26-12-10-22/h1-4H,5-13H2,(H,20,25)(H,21,24). The van der Waals surface area contributed by atoms with Gasteiger partial charge < -0.3 is 15.4 Å². The summed E-state index contributed by atoms with van der Waals surface area (Å²) < 4.78 is 5.26. The predicted molar refractivity (Wildman–Crippen MR) is 98.3 cm³/mol. The Morgan fingerprint density at radius 3 is 2.50 bits per heavy atom. The second-order valence-corrected chi connectivity index (χ2v) is 6.39. The first kappa shape index (κ1) is 20.4. The second-order valence-electron chi connectivity index (χ2n) is 5.98. The molecule has 1 aromatic rings. The number of nitrogens with one attached hydrogen (secondary N) is 2. The van der Waals surface area contributed by atoms with Crippen molar-refractivity contribution in [3.05, 3.63) is 34.9 Å². The summed E-state index contributed by atoms with van der Waals surface area (Å²) in [5.41, 5.74) is 0.405. The molecule has 7 nitrogen and oxygen atoms in total. The number of nitrogens with zero attached hydrogens (tertiary/aromatic N) is 1. The summed E-state index contributed by atoms with van der Waals surface area (Å²) in [6.45, 7) is 4.36. The maximum absolute atomic E-state index is 12.0. The molecule has 1 aliphatic heterocycles. The highest BCUT2D eigenvalue weighted by Gasteiger charge is 2.13. The lowest BCUT2D eigenvalue weighted by Gasteiger charge is -2.26. The van der Waals surface area contributed by atoms with Gasteiger partial charge in [-0.1, -0.05) is 23.7 Å². The Balaban J connectivity index is 1.58. The van der Waals surface area contributed by atoms with Crippen molar-refractivity contribution >= 4 is 29.2 Å². The largest absolute Gasteiger partial charge is 0.379 e. The van der Waals surface area contributed by atoms with Crippen LogP contribution in [0.2, 0.25) is 5.02 Å². The molecule has 0 atom stereocenters. The number of Topliss-reactive ketones (excluding diaryl/α,β-unsaturated/α-hetero) is 1. The number of halogens is 1. The van der Waals surface area contributed by atoms with E-state index in [0.29, 0.717) is 17.1 Å². The SMILES string of the molecule is O=C(CCC(=O)c1ccccc1Cl)NCC(=O)NCCN1CCOCC1. The summed E-state index contributed by atoms with van der Waals surface area (Å²) in [6.07, 6.45) is 0.0688. The predicted octanol–water partition coefficient (Wildman–Crippen LogP) is 0.867. The van der Waals surface area contributed by atoms with Crippen LogP contribution >= 0.6 is 11.6 Å². The third-order valence-corrected chi connectivity index (χ3v) is 4.38. The van der Waals surface area contributed by atoms with E-state index in [1.54, 1.807) is 24.3 Å². The van der Waals surface area contributed by atoms with Crippen LogP contribution in [-0.4, -0.2) is 68.4 Å². The lowest BCUT2D eigenvalue weighted by Crippen LogP contribution is -2.43. The van der Waals surface area contributed by atoms with Gasteiger partial charge in [-0.2, -0.15) is 0 Å². The quantitative estimate of drug-likeness (QED) is 0.620. The summed E-state index contributed by atoms with van der Waals surface area (Å²) in [5.74, 6) is -0.779. The third kappa shape index (κ3) is 7.11. The topological polar surface area (TPSA) is 87.7 Å². The van der Waals surface area contributed by atoms with Crippen molar-refractivity contribution in [2.75, 3.05) is 45.9 Å². The highest BCUT2D eigenvalue weighted by Crippen LogP contribution is 2.17. The van der Waals surface area contributed by atoms with E-state index in [2.05, 4.69) is 15.5 Å². The number of amides is 2. The first-order chi connectivity index (χ1) is 12.6. The minimum Gasteiger partial charge on any atom is -0.379 e. The van der Waals surface area contributed by atoms with Crippen LogP contribution in [0.5, 0.6) is 0 Å². The van der Waals surface area contributed by atoms with Crippen LogP contribution in [0.3, 0.4) is 0 Å². The first-order valence-corrected chi connectivity index (χ1v) is 9.05. The number of ketones is 1. The summed E-state index contributed by atoms with van der Waals surface area (Å²) in [5, 5.41) is 5.66. The van der Waals surface area contributed by atoms with Crippen LogP contribution in [-0.2, 0) is 14.3 Å². The Bertz CT molecular complexity index is 633. The number of morpholine rings is 1. The Kier molecular flexibility index (Phi) is 8.53. The first-order valence-electron chi connectivity index (χ1n) is 8.67. The molecule has 0 aromatic heterocycles. The van der Waals surface area contributed by atoms with Crippen molar-refractivity contribution < 1.29 is 19.1 Å². The van der Waals surface area contributed by atoms with Gasteiger partial charge in [0.25, 0.3) is 0 Å². The van der Waals surface area contributed by atoms with E-state index < -0.39 is 0 Å². The number of carbonyl (C=O) groups is 3. The minimum atomic E-state index is -0.339. The van der Waals surface area contributed by atoms with Crippen molar-refractivity contribution in [1.29, 1.82) is 0 Å². The molecular formula is C18H24ClN3O4. The minimum absolute atomic E-state index is 0.0190. The fourth-order valence-electron chi connectivity index (χ4n) is 2.56. The molecule has 0 spiro atoms. The van der Waals surface area contributed by atoms with Gasteiger partial charge in [0, 0.05) is 44.6 Å². The highest BCUT2D eigenvalue weighted by molar-refractivity contribution is 6.34. The number of rotatable bonds is 9. The lowest BCUT2D eigenvalue weighted by molar-refractivity contribution is -0.126. The maximum Gasteiger partial charge on any atom is 0.239 e. The van der Waals surface area contributed by atoms with E-state index in [1.807, 2.05) is 0 Å². The zero-order chi connectivity index (χ0) is 18.8. The normalized spacial score (nSPS) is 14.7. The summed E-state index contributed by atoms with van der Waals surface area (Å²) in [6, 6.07) is 6.73. The zero-order valence-corrected chi connectivity index (χ0v) is 15.4. The van der Waals surface area contributed by atoms with Crippen molar-refractivity contribution in [1.82, 2.24) is 15.5 Å². The molecule has 0 aliphatic carbocycles. The van der Waals surface area contributed by atoms with E-state index in [9.17, 15) is 14.4 Å². The Hall–Kier alpha value is -1.96. The van der Waals surface area contributed by atoms with Crippen molar-refractivity contribution in [3.63, 3.8) is 0 Å². The van der Waals surface area contributed by atoms with Gasteiger partial charge in [0.05, 0.1) is 24.8 Å². The van der Waals surface area contributed by atoms with E-state index in [-0.39, 0.29) is 37.0 Å². The van der Waals surface area contributed by atoms with Crippen LogP contribution in [0.25, 0.3) is 0 Å². The fourth-order valence-corrected chi connectivity index (χ4v) is 2.80. The van der Waals surface area contributed by atoms with Gasteiger partial charge in [0.1, 0.15) is 0 Å². The molecule has 1 aromatic carbocycles. The van der Waals surface area contributed by atoms with Gasteiger partial charge in [-0.15, -0.1) is 0 Å². The molecule has 0 radical (unpaired) electrons. The molecule has 1 saturated heterocycles. The molecule has 0 saturated carbocycles. The maximum atomic E-state index is 12.0. The molecule has 2 amide bonds. The smallest absolute Gasteiger partial charge is 0.239 e. The molecule has 0 bridgehead atoms. The van der Waals surface area contributed by atoms with Gasteiger partial charge in [-0.25, -0.2) is 0 Å². The zero-order valence-electron chi connectivity index (χ0n) is 14.6. The van der Waals surface area contributed by atoms with Gasteiger partial charge in [-0.05, 0) is 12.1 Å². The molecule has 1 aliphatic rings. The number of ether oxygens (including phenoxy) is 1. The van der Waals surface area contributed by atoms with Crippen LogP contribution in [0.15, 0.2) is 24.3 Å². The molecule has 26 heavy (non-hydrogen) atoms. The molecule has 8 heteroatoms. The highest BCUT2D eigenvalue weighted by atomic mass is 35.5. The van der Waals surface area contributed by atoms with E-state index in [0.717, 1.165) is 32.8 Å². The Labute approximate surface area is 158 Å². The molecule has 0 unspecified atom stereocenters. The third-order valence-electron chi connectivity index (χ3n) is 4.05. The van der Waals surface area contributed by atoms with Crippen LogP contribution in [0.1, 0.15) is 23.2 Å². The fraction of sp³-hybridized carbons (Fsp3) is 0.500. The summed E-state index contributed by atoms with van der Waals surface area (Å²) in [7, 11) is 0.